The first-order valence-corrected chi connectivity index (χ1v) is 9.38. The van der Waals surface area contributed by atoms with Crippen LogP contribution in [0.3, 0.4) is 0 Å². The fourth-order valence-corrected chi connectivity index (χ4v) is 4.10. The lowest BCUT2D eigenvalue weighted by Crippen LogP contribution is -2.42. The van der Waals surface area contributed by atoms with E-state index in [0.717, 1.165) is 12.8 Å². The van der Waals surface area contributed by atoms with Crippen molar-refractivity contribution in [3.63, 3.8) is 0 Å². The normalized spacial score (nSPS) is 20.0. The van der Waals surface area contributed by atoms with Crippen LogP contribution in [0.5, 0.6) is 0 Å². The number of hydrogen-bond donors (Lipinski definition) is 0. The average molecular weight is 389 g/mol. The number of hydrogen-bond acceptors (Lipinski definition) is 4. The summed E-state index contributed by atoms with van der Waals surface area (Å²) in [6.45, 7) is 6.20. The van der Waals surface area contributed by atoms with E-state index in [0.29, 0.717) is 21.9 Å². The van der Waals surface area contributed by atoms with E-state index in [2.05, 4.69) is 20.9 Å². The highest BCUT2D eigenvalue weighted by atomic mass is 79.9. The summed E-state index contributed by atoms with van der Waals surface area (Å²) in [6, 6.07) is 5.29. The van der Waals surface area contributed by atoms with E-state index in [1.807, 2.05) is 26.8 Å². The van der Waals surface area contributed by atoms with Gasteiger partial charge in [0.05, 0.1) is 16.6 Å². The van der Waals surface area contributed by atoms with Crippen LogP contribution in [0.25, 0.3) is 0 Å². The van der Waals surface area contributed by atoms with Crippen LogP contribution >= 0.6 is 15.9 Å². The maximum absolute atomic E-state index is 12.5. The van der Waals surface area contributed by atoms with Gasteiger partial charge in [0, 0.05) is 12.6 Å². The van der Waals surface area contributed by atoms with Gasteiger partial charge in [-0.05, 0) is 61.7 Å². The molecule has 5 nitrogen and oxygen atoms in total. The Morgan fingerprint density at radius 1 is 1.50 bits per heavy atom. The standard InChI is InChI=1S/C15H21BrN2O3S/c1-15(2,3)21-14(19)18-9-5-6-11(18)10-22(20)13-8-4-7-12(16)17-13/h4,7-8,11H,5-6,9-10H2,1-3H3/t11-,22+/m0/s1. The summed E-state index contributed by atoms with van der Waals surface area (Å²) in [5.41, 5.74) is -0.519. The molecule has 1 amide bonds. The van der Waals surface area contributed by atoms with Gasteiger partial charge in [0.15, 0.2) is 0 Å². The molecule has 1 aromatic heterocycles. The molecule has 2 rings (SSSR count). The topological polar surface area (TPSA) is 59.5 Å². The molecule has 0 unspecified atom stereocenters. The lowest BCUT2D eigenvalue weighted by molar-refractivity contribution is 0.0241. The molecule has 0 spiro atoms. The Morgan fingerprint density at radius 3 is 2.86 bits per heavy atom. The molecule has 0 bridgehead atoms. The monoisotopic (exact) mass is 388 g/mol. The summed E-state index contributed by atoms with van der Waals surface area (Å²) < 4.78 is 18.5. The summed E-state index contributed by atoms with van der Waals surface area (Å²) in [5.74, 6) is 0.392. The molecule has 7 heteroatoms. The van der Waals surface area contributed by atoms with Crippen molar-refractivity contribution in [2.75, 3.05) is 12.3 Å². The summed E-state index contributed by atoms with van der Waals surface area (Å²) in [6.07, 6.45) is 1.43. The zero-order valence-electron chi connectivity index (χ0n) is 13.0. The largest absolute Gasteiger partial charge is 0.444 e. The van der Waals surface area contributed by atoms with Crippen LogP contribution < -0.4 is 0 Å². The van der Waals surface area contributed by atoms with Gasteiger partial charge in [0.1, 0.15) is 15.2 Å². The van der Waals surface area contributed by atoms with Gasteiger partial charge in [-0.3, -0.25) is 4.21 Å². The van der Waals surface area contributed by atoms with Crippen molar-refractivity contribution in [3.8, 4) is 0 Å². The Hall–Kier alpha value is -0.950. The summed E-state index contributed by atoms with van der Waals surface area (Å²) >= 11 is 3.28. The van der Waals surface area contributed by atoms with Gasteiger partial charge in [-0.2, -0.15) is 0 Å². The van der Waals surface area contributed by atoms with Crippen molar-refractivity contribution in [2.45, 2.75) is 50.3 Å². The van der Waals surface area contributed by atoms with Crippen LogP contribution in [0.4, 0.5) is 4.79 Å². The second-order valence-electron chi connectivity index (χ2n) is 6.28. The Kier molecular flexibility index (Phi) is 5.60. The number of halogens is 1. The number of likely N-dealkylation sites (tertiary alicyclic amines) is 1. The van der Waals surface area contributed by atoms with Crippen LogP contribution in [0.15, 0.2) is 27.8 Å². The molecule has 1 fully saturated rings. The molecule has 2 atom stereocenters. The molecule has 22 heavy (non-hydrogen) atoms. The second kappa shape index (κ2) is 7.08. The van der Waals surface area contributed by atoms with Crippen LogP contribution in [0.2, 0.25) is 0 Å². The average Bonchev–Trinajstić information content (AvgIpc) is 2.85. The first-order chi connectivity index (χ1) is 10.3. The van der Waals surface area contributed by atoms with Crippen LogP contribution in [0, 0.1) is 0 Å². The van der Waals surface area contributed by atoms with Gasteiger partial charge in [-0.15, -0.1) is 0 Å². The van der Waals surface area contributed by atoms with Crippen molar-refractivity contribution in [3.05, 3.63) is 22.8 Å². The van der Waals surface area contributed by atoms with Gasteiger partial charge in [-0.1, -0.05) is 6.07 Å². The molecule has 2 heterocycles. The molecule has 0 aliphatic carbocycles. The fourth-order valence-electron chi connectivity index (χ4n) is 2.35. The highest BCUT2D eigenvalue weighted by Crippen LogP contribution is 2.23. The first-order valence-electron chi connectivity index (χ1n) is 7.27. The number of rotatable bonds is 3. The predicted molar refractivity (Wildman–Crippen MR) is 89.2 cm³/mol. The number of carbonyl (C=O) groups excluding carboxylic acids is 1. The third-order valence-corrected chi connectivity index (χ3v) is 5.09. The summed E-state index contributed by atoms with van der Waals surface area (Å²) in [4.78, 5) is 18.1. The van der Waals surface area contributed by atoms with Crippen molar-refractivity contribution in [1.82, 2.24) is 9.88 Å². The number of carbonyl (C=O) groups is 1. The van der Waals surface area contributed by atoms with Crippen molar-refractivity contribution in [1.29, 1.82) is 0 Å². The van der Waals surface area contributed by atoms with Gasteiger partial charge in [-0.25, -0.2) is 9.78 Å². The summed E-state index contributed by atoms with van der Waals surface area (Å²) in [5, 5.41) is 0.533. The molecule has 0 saturated carbocycles. The molecule has 1 aliphatic rings. The Labute approximate surface area is 142 Å². The first kappa shape index (κ1) is 17.4. The zero-order chi connectivity index (χ0) is 16.3. The van der Waals surface area contributed by atoms with E-state index in [4.69, 9.17) is 4.74 Å². The fraction of sp³-hybridized carbons (Fsp3) is 0.600. The molecule has 1 aliphatic heterocycles. The quantitative estimate of drug-likeness (QED) is 0.744. The molecule has 0 N–H and O–H groups in total. The number of aromatic nitrogens is 1. The van der Waals surface area contributed by atoms with E-state index < -0.39 is 16.4 Å². The minimum absolute atomic E-state index is 0.0588. The summed E-state index contributed by atoms with van der Waals surface area (Å²) in [7, 11) is -1.23. The Morgan fingerprint density at radius 2 is 2.23 bits per heavy atom. The molecule has 0 aromatic carbocycles. The SMILES string of the molecule is CC(C)(C)OC(=O)N1CCC[C@H]1C[S@@](=O)c1cccc(Br)n1. The number of ether oxygens (including phenoxy) is 1. The minimum atomic E-state index is -1.23. The third kappa shape index (κ3) is 4.78. The molecule has 0 radical (unpaired) electrons. The number of nitrogens with zero attached hydrogens (tertiary/aromatic N) is 2. The smallest absolute Gasteiger partial charge is 0.410 e. The highest BCUT2D eigenvalue weighted by molar-refractivity contribution is 9.10. The van der Waals surface area contributed by atoms with E-state index in [9.17, 15) is 9.00 Å². The second-order valence-corrected chi connectivity index (χ2v) is 8.54. The molecular formula is C15H21BrN2O3S. The van der Waals surface area contributed by atoms with E-state index in [1.54, 1.807) is 17.0 Å². The minimum Gasteiger partial charge on any atom is -0.444 e. The Bertz CT molecular complexity index is 574. The lowest BCUT2D eigenvalue weighted by atomic mass is 10.2. The lowest BCUT2D eigenvalue weighted by Gasteiger charge is -2.28. The predicted octanol–water partition coefficient (Wildman–Crippen LogP) is 3.35. The van der Waals surface area contributed by atoms with Crippen molar-refractivity contribution < 1.29 is 13.7 Å². The van der Waals surface area contributed by atoms with Crippen LogP contribution in [0.1, 0.15) is 33.6 Å². The van der Waals surface area contributed by atoms with Crippen LogP contribution in [-0.4, -0.2) is 44.1 Å². The molecular weight excluding hydrogens is 368 g/mol. The van der Waals surface area contributed by atoms with Gasteiger partial charge in [0.2, 0.25) is 0 Å². The highest BCUT2D eigenvalue weighted by Gasteiger charge is 2.33. The van der Waals surface area contributed by atoms with Gasteiger partial charge < -0.3 is 9.64 Å². The van der Waals surface area contributed by atoms with E-state index in [1.165, 1.54) is 0 Å². The third-order valence-electron chi connectivity index (χ3n) is 3.27. The van der Waals surface area contributed by atoms with Crippen molar-refractivity contribution >= 4 is 32.8 Å². The number of amides is 1. The maximum atomic E-state index is 12.5. The molecule has 1 saturated heterocycles. The van der Waals surface area contributed by atoms with Crippen molar-refractivity contribution in [2.24, 2.45) is 0 Å². The maximum Gasteiger partial charge on any atom is 0.410 e. The molecule has 1 aromatic rings. The van der Waals surface area contributed by atoms with E-state index in [-0.39, 0.29) is 12.1 Å². The number of pyridine rings is 1. The molecule has 122 valence electrons. The Balaban J connectivity index is 2.02. The van der Waals surface area contributed by atoms with E-state index >= 15 is 0 Å². The van der Waals surface area contributed by atoms with Gasteiger partial charge >= 0.3 is 6.09 Å². The van der Waals surface area contributed by atoms with Crippen LogP contribution in [-0.2, 0) is 15.5 Å². The van der Waals surface area contributed by atoms with Gasteiger partial charge in [0.25, 0.3) is 0 Å². The zero-order valence-corrected chi connectivity index (χ0v) is 15.4.